The summed E-state index contributed by atoms with van der Waals surface area (Å²) in [5, 5.41) is 3.25. The van der Waals surface area contributed by atoms with Gasteiger partial charge in [0.15, 0.2) is 0 Å². The fourth-order valence-corrected chi connectivity index (χ4v) is 2.20. The molecule has 1 aromatic rings. The third-order valence-corrected chi connectivity index (χ3v) is 4.54. The summed E-state index contributed by atoms with van der Waals surface area (Å²) in [6.07, 6.45) is 1.72. The van der Waals surface area contributed by atoms with Crippen LogP contribution in [0.15, 0.2) is 27.1 Å². The predicted molar refractivity (Wildman–Crippen MR) is 72.5 cm³/mol. The van der Waals surface area contributed by atoms with Crippen LogP contribution < -0.4 is 5.32 Å². The Bertz CT molecular complexity index is 357. The van der Waals surface area contributed by atoms with Crippen LogP contribution in [-0.2, 0) is 17.3 Å². The molecule has 0 heterocycles. The minimum Gasteiger partial charge on any atom is -0.312 e. The van der Waals surface area contributed by atoms with Gasteiger partial charge in [-0.2, -0.15) is 0 Å². The van der Waals surface area contributed by atoms with Crippen molar-refractivity contribution in [2.24, 2.45) is 0 Å². The summed E-state index contributed by atoms with van der Waals surface area (Å²) in [6.45, 7) is 1.60. The van der Waals surface area contributed by atoms with Crippen molar-refractivity contribution in [3.63, 3.8) is 0 Å². The van der Waals surface area contributed by atoms with E-state index in [0.717, 1.165) is 22.0 Å². The molecule has 1 N–H and O–H groups in total. The quantitative estimate of drug-likeness (QED) is 0.823. The zero-order valence-electron chi connectivity index (χ0n) is 8.43. The maximum atomic E-state index is 10.8. The van der Waals surface area contributed by atoms with Gasteiger partial charge in [-0.25, -0.2) is 0 Å². The first kappa shape index (κ1) is 13.4. The second-order valence-electron chi connectivity index (χ2n) is 3.20. The average Bonchev–Trinajstić information content (AvgIpc) is 2.18. The highest BCUT2D eigenvalue weighted by Gasteiger charge is 1.98. The van der Waals surface area contributed by atoms with E-state index in [1.165, 1.54) is 5.56 Å². The molecule has 0 bridgehead atoms. The van der Waals surface area contributed by atoms with Crippen molar-refractivity contribution in [2.75, 3.05) is 18.6 Å². The number of hydrogen-bond acceptors (Lipinski definition) is 2. The summed E-state index contributed by atoms with van der Waals surface area (Å²) in [5.41, 5.74) is 1.21. The number of rotatable bonds is 5. The fraction of sp³-hybridized carbons (Fsp3) is 0.400. The highest BCUT2D eigenvalue weighted by Crippen LogP contribution is 2.23. The van der Waals surface area contributed by atoms with Crippen molar-refractivity contribution < 1.29 is 4.21 Å². The maximum absolute atomic E-state index is 10.8. The topological polar surface area (TPSA) is 29.1 Å². The fourth-order valence-electron chi connectivity index (χ4n) is 1.10. The zero-order chi connectivity index (χ0) is 11.3. The van der Waals surface area contributed by atoms with Crippen LogP contribution in [0.5, 0.6) is 0 Å². The minimum atomic E-state index is -0.711. The molecule has 0 amide bonds. The van der Waals surface area contributed by atoms with Crippen LogP contribution in [0.3, 0.4) is 0 Å². The number of halogens is 2. The van der Waals surface area contributed by atoms with Gasteiger partial charge in [-0.15, -0.1) is 0 Å². The molecule has 0 fully saturated rings. The van der Waals surface area contributed by atoms with Crippen LogP contribution in [0.1, 0.15) is 5.56 Å². The summed E-state index contributed by atoms with van der Waals surface area (Å²) >= 11 is 6.88. The summed E-state index contributed by atoms with van der Waals surface area (Å²) < 4.78 is 12.9. The standard InChI is InChI=1S/C10H13Br2NOS/c1-15(14)5-4-13-7-8-2-3-9(11)10(12)6-8/h2-3,6,13H,4-5,7H2,1H3. The van der Waals surface area contributed by atoms with E-state index in [1.807, 2.05) is 6.07 Å². The highest BCUT2D eigenvalue weighted by atomic mass is 79.9. The summed E-state index contributed by atoms with van der Waals surface area (Å²) in [6, 6.07) is 6.14. The van der Waals surface area contributed by atoms with E-state index in [-0.39, 0.29) is 0 Å². The van der Waals surface area contributed by atoms with Gasteiger partial charge in [-0.1, -0.05) is 6.07 Å². The molecule has 5 heteroatoms. The smallest absolute Gasteiger partial charge is 0.0357 e. The Kier molecular flexibility index (Phi) is 6.04. The van der Waals surface area contributed by atoms with E-state index < -0.39 is 10.8 Å². The molecule has 2 nitrogen and oxygen atoms in total. The van der Waals surface area contributed by atoms with Crippen molar-refractivity contribution in [3.05, 3.63) is 32.7 Å². The number of hydrogen-bond donors (Lipinski definition) is 1. The van der Waals surface area contributed by atoms with Crippen LogP contribution in [0, 0.1) is 0 Å². The first-order valence-electron chi connectivity index (χ1n) is 4.54. The summed E-state index contributed by atoms with van der Waals surface area (Å²) in [7, 11) is -0.711. The molecule has 0 aliphatic heterocycles. The Balaban J connectivity index is 2.38. The largest absolute Gasteiger partial charge is 0.312 e. The normalized spacial score (nSPS) is 12.7. The Labute approximate surface area is 110 Å². The molecular weight excluding hydrogens is 342 g/mol. The number of benzene rings is 1. The molecule has 0 aromatic heterocycles. The van der Waals surface area contributed by atoms with Crippen LogP contribution in [0.25, 0.3) is 0 Å². The molecule has 1 unspecified atom stereocenters. The lowest BCUT2D eigenvalue weighted by Crippen LogP contribution is -2.19. The van der Waals surface area contributed by atoms with E-state index in [2.05, 4.69) is 49.3 Å². The van der Waals surface area contributed by atoms with Crippen LogP contribution in [0.4, 0.5) is 0 Å². The summed E-state index contributed by atoms with van der Waals surface area (Å²) in [4.78, 5) is 0. The third-order valence-electron chi connectivity index (χ3n) is 1.88. The van der Waals surface area contributed by atoms with E-state index in [0.29, 0.717) is 5.75 Å². The molecule has 0 saturated carbocycles. The first-order valence-corrected chi connectivity index (χ1v) is 7.85. The van der Waals surface area contributed by atoms with Gasteiger partial charge in [0.05, 0.1) is 0 Å². The SMILES string of the molecule is CS(=O)CCNCc1ccc(Br)c(Br)c1. The third kappa shape index (κ3) is 5.24. The maximum Gasteiger partial charge on any atom is 0.0357 e. The summed E-state index contributed by atoms with van der Waals surface area (Å²) in [5.74, 6) is 0.706. The monoisotopic (exact) mass is 353 g/mol. The molecule has 0 aliphatic rings. The van der Waals surface area contributed by atoms with Crippen molar-refractivity contribution >= 4 is 42.7 Å². The van der Waals surface area contributed by atoms with Crippen LogP contribution >= 0.6 is 31.9 Å². The minimum absolute atomic E-state index is 0.706. The molecule has 0 aliphatic carbocycles. The predicted octanol–water partition coefficient (Wildman–Crippen LogP) is 2.68. The van der Waals surface area contributed by atoms with Gasteiger partial charge in [0.2, 0.25) is 0 Å². The van der Waals surface area contributed by atoms with Gasteiger partial charge in [0, 0.05) is 44.8 Å². The molecule has 1 rings (SSSR count). The molecular formula is C10H13Br2NOS. The zero-order valence-corrected chi connectivity index (χ0v) is 12.4. The van der Waals surface area contributed by atoms with Gasteiger partial charge in [0.1, 0.15) is 0 Å². The molecule has 1 atom stereocenters. The van der Waals surface area contributed by atoms with Gasteiger partial charge >= 0.3 is 0 Å². The first-order chi connectivity index (χ1) is 7.09. The Morgan fingerprint density at radius 2 is 2.07 bits per heavy atom. The lowest BCUT2D eigenvalue weighted by molar-refractivity contribution is 0.676. The van der Waals surface area contributed by atoms with Gasteiger partial charge in [0.25, 0.3) is 0 Å². The van der Waals surface area contributed by atoms with Crippen LogP contribution in [-0.4, -0.2) is 22.8 Å². The molecule has 0 saturated heterocycles. The lowest BCUT2D eigenvalue weighted by atomic mass is 10.2. The van der Waals surface area contributed by atoms with Crippen molar-refractivity contribution in [1.29, 1.82) is 0 Å². The molecule has 0 spiro atoms. The highest BCUT2D eigenvalue weighted by molar-refractivity contribution is 9.13. The van der Waals surface area contributed by atoms with Gasteiger partial charge in [-0.05, 0) is 49.6 Å². The molecule has 15 heavy (non-hydrogen) atoms. The van der Waals surface area contributed by atoms with Crippen molar-refractivity contribution in [1.82, 2.24) is 5.32 Å². The second-order valence-corrected chi connectivity index (χ2v) is 6.47. The molecule has 84 valence electrons. The van der Waals surface area contributed by atoms with E-state index in [4.69, 9.17) is 0 Å². The lowest BCUT2D eigenvalue weighted by Gasteiger charge is -2.05. The molecule has 0 radical (unpaired) electrons. The van der Waals surface area contributed by atoms with E-state index in [9.17, 15) is 4.21 Å². The second kappa shape index (κ2) is 6.78. The average molecular weight is 355 g/mol. The Morgan fingerprint density at radius 1 is 1.33 bits per heavy atom. The van der Waals surface area contributed by atoms with Crippen LogP contribution in [0.2, 0.25) is 0 Å². The Hall–Kier alpha value is 0.290. The van der Waals surface area contributed by atoms with E-state index in [1.54, 1.807) is 6.26 Å². The Morgan fingerprint density at radius 3 is 2.67 bits per heavy atom. The molecule has 1 aromatic carbocycles. The van der Waals surface area contributed by atoms with Crippen molar-refractivity contribution in [2.45, 2.75) is 6.54 Å². The van der Waals surface area contributed by atoms with Crippen molar-refractivity contribution in [3.8, 4) is 0 Å². The van der Waals surface area contributed by atoms with Gasteiger partial charge < -0.3 is 5.32 Å². The van der Waals surface area contributed by atoms with E-state index >= 15 is 0 Å². The number of nitrogens with one attached hydrogen (secondary N) is 1. The van der Waals surface area contributed by atoms with Gasteiger partial charge in [-0.3, -0.25) is 4.21 Å².